The monoisotopic (exact) mass is 244 g/mol. The summed E-state index contributed by atoms with van der Waals surface area (Å²) < 4.78 is 0. The van der Waals surface area contributed by atoms with E-state index in [2.05, 4.69) is 27.3 Å². The van der Waals surface area contributed by atoms with Crippen LogP contribution >= 0.6 is 11.3 Å². The summed E-state index contributed by atoms with van der Waals surface area (Å²) >= 11 is 1.57. The summed E-state index contributed by atoms with van der Waals surface area (Å²) in [5.74, 6) is 0. The Balaban J connectivity index is 2.45. The van der Waals surface area contributed by atoms with Gasteiger partial charge in [0, 0.05) is 12.6 Å². The summed E-state index contributed by atoms with van der Waals surface area (Å²) in [6, 6.07) is 0.149. The Morgan fingerprint density at radius 1 is 1.50 bits per heavy atom. The van der Waals surface area contributed by atoms with Gasteiger partial charge in [0.15, 0.2) is 0 Å². The third kappa shape index (κ3) is 4.03. The lowest BCUT2D eigenvalue weighted by atomic mass is 10.3. The molecule has 0 saturated heterocycles. The summed E-state index contributed by atoms with van der Waals surface area (Å²) in [7, 11) is 1.97. The van der Waals surface area contributed by atoms with Crippen molar-refractivity contribution in [1.29, 1.82) is 0 Å². The average molecular weight is 244 g/mol. The van der Waals surface area contributed by atoms with Gasteiger partial charge in [-0.1, -0.05) is 18.3 Å². The molecule has 0 amide bonds. The van der Waals surface area contributed by atoms with Crippen molar-refractivity contribution in [2.45, 2.75) is 32.9 Å². The van der Waals surface area contributed by atoms with Gasteiger partial charge in [-0.3, -0.25) is 4.90 Å². The molecule has 1 aromatic rings. The molecule has 6 heteroatoms. The second kappa shape index (κ2) is 6.78. The molecular formula is C10H20N4OS. The minimum absolute atomic E-state index is 0.149. The zero-order chi connectivity index (χ0) is 12.0. The standard InChI is InChI=1S/C10H20N4OS/c1-4-5-11-10-13-12-9(16-10)6-14(3)8(2)7-15/h8,15H,4-7H2,1-3H3,(H,11,13). The van der Waals surface area contributed by atoms with Gasteiger partial charge in [0.2, 0.25) is 5.13 Å². The smallest absolute Gasteiger partial charge is 0.205 e. The Kier molecular flexibility index (Phi) is 5.65. The third-order valence-corrected chi connectivity index (χ3v) is 3.26. The molecule has 0 radical (unpaired) electrons. The first-order valence-corrected chi connectivity index (χ1v) is 6.36. The molecule has 0 spiro atoms. The van der Waals surface area contributed by atoms with Crippen molar-refractivity contribution in [3.8, 4) is 0 Å². The molecule has 16 heavy (non-hydrogen) atoms. The number of nitrogens with zero attached hydrogens (tertiary/aromatic N) is 3. The predicted octanol–water partition coefficient (Wildman–Crippen LogP) is 1.17. The maximum absolute atomic E-state index is 9.02. The predicted molar refractivity (Wildman–Crippen MR) is 66.7 cm³/mol. The third-order valence-electron chi connectivity index (χ3n) is 2.39. The van der Waals surface area contributed by atoms with Crippen LogP contribution in [0.2, 0.25) is 0 Å². The maximum atomic E-state index is 9.02. The zero-order valence-electron chi connectivity index (χ0n) is 10.1. The normalized spacial score (nSPS) is 13.1. The quantitative estimate of drug-likeness (QED) is 0.754. The van der Waals surface area contributed by atoms with Crippen LogP contribution in [0, 0.1) is 0 Å². The lowest BCUT2D eigenvalue weighted by Gasteiger charge is -2.20. The molecule has 1 aromatic heterocycles. The van der Waals surface area contributed by atoms with Crippen LogP contribution in [0.15, 0.2) is 0 Å². The molecule has 1 rings (SSSR count). The minimum atomic E-state index is 0.149. The molecular weight excluding hydrogens is 224 g/mol. The van der Waals surface area contributed by atoms with Crippen LogP contribution < -0.4 is 5.32 Å². The van der Waals surface area contributed by atoms with Gasteiger partial charge < -0.3 is 10.4 Å². The summed E-state index contributed by atoms with van der Waals surface area (Å²) in [4.78, 5) is 2.06. The first-order chi connectivity index (χ1) is 7.67. The summed E-state index contributed by atoms with van der Waals surface area (Å²) in [6.07, 6.45) is 1.08. The number of likely N-dealkylation sites (N-methyl/N-ethyl adjacent to an activating group) is 1. The number of anilines is 1. The van der Waals surface area contributed by atoms with Gasteiger partial charge in [-0.15, -0.1) is 10.2 Å². The Morgan fingerprint density at radius 2 is 2.25 bits per heavy atom. The molecule has 1 atom stereocenters. The van der Waals surface area contributed by atoms with Gasteiger partial charge in [-0.2, -0.15) is 0 Å². The van der Waals surface area contributed by atoms with Crippen molar-refractivity contribution < 1.29 is 5.11 Å². The van der Waals surface area contributed by atoms with Crippen molar-refractivity contribution in [3.05, 3.63) is 5.01 Å². The molecule has 0 saturated carbocycles. The van der Waals surface area contributed by atoms with E-state index < -0.39 is 0 Å². The van der Waals surface area contributed by atoms with Gasteiger partial charge in [0.1, 0.15) is 5.01 Å². The van der Waals surface area contributed by atoms with Crippen molar-refractivity contribution in [1.82, 2.24) is 15.1 Å². The van der Waals surface area contributed by atoms with Gasteiger partial charge in [0.05, 0.1) is 13.2 Å². The number of nitrogens with one attached hydrogen (secondary N) is 1. The molecule has 1 heterocycles. The summed E-state index contributed by atoms with van der Waals surface area (Å²) in [5, 5.41) is 22.2. The number of hydrogen-bond acceptors (Lipinski definition) is 6. The largest absolute Gasteiger partial charge is 0.395 e. The van der Waals surface area contributed by atoms with E-state index in [1.54, 1.807) is 11.3 Å². The first-order valence-electron chi connectivity index (χ1n) is 5.54. The van der Waals surface area contributed by atoms with E-state index in [9.17, 15) is 0 Å². The molecule has 0 fully saturated rings. The van der Waals surface area contributed by atoms with Crippen molar-refractivity contribution in [3.63, 3.8) is 0 Å². The fraction of sp³-hybridized carbons (Fsp3) is 0.800. The molecule has 1 unspecified atom stereocenters. The van der Waals surface area contributed by atoms with Crippen LogP contribution in [0.5, 0.6) is 0 Å². The van der Waals surface area contributed by atoms with Crippen LogP contribution in [0.25, 0.3) is 0 Å². The van der Waals surface area contributed by atoms with E-state index in [0.717, 1.165) is 29.6 Å². The Bertz CT molecular complexity index is 305. The molecule has 0 aliphatic carbocycles. The highest BCUT2D eigenvalue weighted by molar-refractivity contribution is 7.15. The number of aliphatic hydroxyl groups excluding tert-OH is 1. The highest BCUT2D eigenvalue weighted by Crippen LogP contribution is 2.16. The van der Waals surface area contributed by atoms with Gasteiger partial charge in [-0.25, -0.2) is 0 Å². The van der Waals surface area contributed by atoms with Crippen LogP contribution in [-0.4, -0.2) is 46.4 Å². The van der Waals surface area contributed by atoms with E-state index in [-0.39, 0.29) is 12.6 Å². The van der Waals surface area contributed by atoms with E-state index in [0.29, 0.717) is 0 Å². The lowest BCUT2D eigenvalue weighted by Crippen LogP contribution is -2.31. The topological polar surface area (TPSA) is 61.3 Å². The highest BCUT2D eigenvalue weighted by Gasteiger charge is 2.11. The number of aromatic nitrogens is 2. The Morgan fingerprint density at radius 3 is 2.88 bits per heavy atom. The maximum Gasteiger partial charge on any atom is 0.205 e. The van der Waals surface area contributed by atoms with Crippen LogP contribution in [0.3, 0.4) is 0 Å². The Hall–Kier alpha value is -0.720. The van der Waals surface area contributed by atoms with Crippen LogP contribution in [0.4, 0.5) is 5.13 Å². The molecule has 0 bridgehead atoms. The van der Waals surface area contributed by atoms with E-state index in [1.165, 1.54) is 0 Å². The summed E-state index contributed by atoms with van der Waals surface area (Å²) in [6.45, 7) is 5.92. The average Bonchev–Trinajstić information content (AvgIpc) is 2.72. The summed E-state index contributed by atoms with van der Waals surface area (Å²) in [5.41, 5.74) is 0. The highest BCUT2D eigenvalue weighted by atomic mass is 32.1. The lowest BCUT2D eigenvalue weighted by molar-refractivity contribution is 0.153. The van der Waals surface area contributed by atoms with Gasteiger partial charge in [0.25, 0.3) is 0 Å². The second-order valence-electron chi connectivity index (χ2n) is 3.87. The molecule has 2 N–H and O–H groups in total. The van der Waals surface area contributed by atoms with Crippen LogP contribution in [-0.2, 0) is 6.54 Å². The molecule has 0 aliphatic heterocycles. The van der Waals surface area contributed by atoms with E-state index >= 15 is 0 Å². The number of rotatable bonds is 7. The van der Waals surface area contributed by atoms with E-state index in [4.69, 9.17) is 5.11 Å². The molecule has 0 aromatic carbocycles. The second-order valence-corrected chi connectivity index (χ2v) is 4.94. The molecule has 5 nitrogen and oxygen atoms in total. The van der Waals surface area contributed by atoms with Crippen molar-refractivity contribution in [2.75, 3.05) is 25.5 Å². The molecule has 92 valence electrons. The van der Waals surface area contributed by atoms with Crippen molar-refractivity contribution >= 4 is 16.5 Å². The Labute approximate surface area is 101 Å². The fourth-order valence-electron chi connectivity index (χ4n) is 1.13. The zero-order valence-corrected chi connectivity index (χ0v) is 10.9. The first kappa shape index (κ1) is 13.3. The van der Waals surface area contributed by atoms with Crippen molar-refractivity contribution in [2.24, 2.45) is 0 Å². The SMILES string of the molecule is CCCNc1nnc(CN(C)C(C)CO)s1. The number of aliphatic hydroxyl groups is 1. The van der Waals surface area contributed by atoms with E-state index in [1.807, 2.05) is 14.0 Å². The molecule has 0 aliphatic rings. The fourth-order valence-corrected chi connectivity index (χ4v) is 1.96. The van der Waals surface area contributed by atoms with Gasteiger partial charge in [-0.05, 0) is 20.4 Å². The van der Waals surface area contributed by atoms with Crippen LogP contribution in [0.1, 0.15) is 25.3 Å². The minimum Gasteiger partial charge on any atom is -0.395 e. The van der Waals surface area contributed by atoms with Gasteiger partial charge >= 0.3 is 0 Å². The number of hydrogen-bond donors (Lipinski definition) is 2.